The molecule has 0 spiro atoms. The fraction of sp³-hybridized carbons (Fsp3) is 0.581. The molecule has 67 heavy (non-hydrogen) atoms. The van der Waals surface area contributed by atoms with Crippen LogP contribution in [0, 0.1) is 0 Å². The number of thiazole rings is 1. The molecule has 1 fully saturated rings. The van der Waals surface area contributed by atoms with Crippen LogP contribution in [-0.2, 0) is 68.1 Å². The van der Waals surface area contributed by atoms with Crippen LogP contribution in [0.3, 0.4) is 0 Å². The first-order valence-electron chi connectivity index (χ1n) is 21.3. The van der Waals surface area contributed by atoms with E-state index in [1.165, 1.54) is 26.2 Å². The molecular formula is C43H60N8O14S2. The summed E-state index contributed by atoms with van der Waals surface area (Å²) >= 11 is 0.898. The van der Waals surface area contributed by atoms with Crippen LogP contribution in [0.15, 0.2) is 41.1 Å². The molecule has 4 heterocycles. The van der Waals surface area contributed by atoms with Gasteiger partial charge in [-0.3, -0.25) is 14.9 Å². The third kappa shape index (κ3) is 13.6. The van der Waals surface area contributed by atoms with Crippen LogP contribution >= 0.6 is 11.3 Å². The van der Waals surface area contributed by atoms with Crippen LogP contribution in [-0.4, -0.2) is 110 Å². The number of nitrogens with one attached hydrogen (secondary N) is 3. The summed E-state index contributed by atoms with van der Waals surface area (Å²) in [4.78, 5) is 76.3. The minimum absolute atomic E-state index is 0.00978. The van der Waals surface area contributed by atoms with Crippen molar-refractivity contribution >= 4 is 62.5 Å². The van der Waals surface area contributed by atoms with Crippen molar-refractivity contribution in [3.63, 3.8) is 0 Å². The Labute approximate surface area is 393 Å². The molecule has 1 aromatic carbocycles. The van der Waals surface area contributed by atoms with Crippen LogP contribution in [0.25, 0.3) is 11.1 Å². The van der Waals surface area contributed by atoms with Gasteiger partial charge in [-0.2, -0.15) is 14.0 Å². The number of benzene rings is 1. The lowest BCUT2D eigenvalue weighted by Gasteiger charge is -2.51. The first kappa shape index (κ1) is 52.1. The van der Waals surface area contributed by atoms with Crippen LogP contribution in [0.1, 0.15) is 107 Å². The van der Waals surface area contributed by atoms with E-state index in [1.54, 1.807) is 68.4 Å². The van der Waals surface area contributed by atoms with E-state index in [4.69, 9.17) is 23.8 Å². The Morgan fingerprint density at radius 3 is 2.24 bits per heavy atom. The van der Waals surface area contributed by atoms with Gasteiger partial charge in [0, 0.05) is 11.9 Å². The van der Waals surface area contributed by atoms with Crippen LogP contribution in [0.2, 0.25) is 0 Å². The maximum atomic E-state index is 14.2. The number of hydrogen-bond acceptors (Lipinski definition) is 17. The van der Waals surface area contributed by atoms with Gasteiger partial charge in [0.15, 0.2) is 24.0 Å². The van der Waals surface area contributed by atoms with Gasteiger partial charge in [0.2, 0.25) is 16.6 Å². The lowest BCUT2D eigenvalue weighted by atomic mass is 9.84. The van der Waals surface area contributed by atoms with Gasteiger partial charge in [0.25, 0.3) is 17.4 Å². The largest absolute Gasteiger partial charge is 0.724 e. The number of esters is 1. The highest BCUT2D eigenvalue weighted by molar-refractivity contribution is 7.80. The minimum atomic E-state index is -5.34. The highest BCUT2D eigenvalue weighted by atomic mass is 32.3. The number of carbonyl (C=O) groups is 5. The third-order valence-corrected chi connectivity index (χ3v) is 11.1. The molecule has 0 bridgehead atoms. The monoisotopic (exact) mass is 976 g/mol. The lowest BCUT2D eigenvalue weighted by molar-refractivity contribution is -0.753. The summed E-state index contributed by atoms with van der Waals surface area (Å²) in [6.07, 6.45) is 2.96. The van der Waals surface area contributed by atoms with E-state index in [0.717, 1.165) is 28.0 Å². The Hall–Kier alpha value is -5.85. The maximum absolute atomic E-state index is 14.2. The number of amides is 4. The number of rotatable bonds is 15. The van der Waals surface area contributed by atoms with E-state index in [1.807, 2.05) is 40.9 Å². The van der Waals surface area contributed by atoms with Crippen molar-refractivity contribution in [1.29, 1.82) is 0 Å². The van der Waals surface area contributed by atoms with Gasteiger partial charge in [-0.15, -0.1) is 16.0 Å². The standard InChI is InChI=1S/C43H60N8O14S2/c1-39(2,3)61-35(54)43(12,30-18-16-26-21-25(15-17-29(26)60-30)27-22-49(13)50(23-27)20-14-19-44-37(55)62-40(4,5)6)64-48-31(28-24-66-36(45-28)47-38(56)63-41(7,8)9)33(52)46-32-34(53)51(42(32,10)11)65-67(57,58)59/h15,17,21-24,30,32H,14,16,18-20H2,1-13H3,(H3-,44,45,46,47,52,55,56,57,58,59)/b48-31-. The molecule has 2 aromatic heterocycles. The predicted octanol–water partition coefficient (Wildman–Crippen LogP) is 4.41. The SMILES string of the molecule is C[n+]1cc(-c2ccc3c(c2)CCC(C(C)(O/N=C(\C(=O)NC2C(=O)N(OS(=O)(=O)[O-])C2(C)C)c2csc(NC(=O)OC(C)(C)C)n2)C(=O)OC(C)(C)C)O3)cn1CCCNC(=O)OC(C)(C)C. The molecule has 0 saturated carbocycles. The van der Waals surface area contributed by atoms with Crippen LogP contribution in [0.5, 0.6) is 5.75 Å². The summed E-state index contributed by atoms with van der Waals surface area (Å²) < 4.78 is 65.2. The maximum Gasteiger partial charge on any atom is 0.413 e. The molecule has 368 valence electrons. The number of aryl methyl sites for hydroxylation is 3. The Morgan fingerprint density at radius 1 is 0.985 bits per heavy atom. The van der Waals surface area contributed by atoms with Crippen molar-refractivity contribution in [2.45, 2.75) is 149 Å². The van der Waals surface area contributed by atoms with Gasteiger partial charge >= 0.3 is 18.2 Å². The van der Waals surface area contributed by atoms with Gasteiger partial charge in [0.1, 0.15) is 34.3 Å². The second-order valence-electron chi connectivity index (χ2n) is 19.7. The van der Waals surface area contributed by atoms with Crippen molar-refractivity contribution in [2.75, 3.05) is 11.9 Å². The zero-order valence-corrected chi connectivity index (χ0v) is 41.6. The number of nitrogens with zero attached hydrogens (tertiary/aromatic N) is 5. The number of hydroxylamine groups is 2. The molecule has 2 aliphatic rings. The highest BCUT2D eigenvalue weighted by Gasteiger charge is 2.58. The van der Waals surface area contributed by atoms with E-state index < -0.39 is 86.2 Å². The van der Waals surface area contributed by atoms with E-state index in [0.29, 0.717) is 36.7 Å². The number of oxime groups is 1. The van der Waals surface area contributed by atoms with E-state index in [2.05, 4.69) is 30.4 Å². The Morgan fingerprint density at radius 2 is 1.63 bits per heavy atom. The molecule has 3 unspecified atom stereocenters. The number of alkyl carbamates (subject to hydrolysis) is 1. The first-order valence-corrected chi connectivity index (χ1v) is 23.5. The van der Waals surface area contributed by atoms with Gasteiger partial charge in [-0.05, 0) is 126 Å². The quantitative estimate of drug-likeness (QED) is 0.0219. The Bertz CT molecular complexity index is 2520. The zero-order valence-electron chi connectivity index (χ0n) is 39.9. The van der Waals surface area contributed by atoms with Crippen molar-refractivity contribution < 1.29 is 69.7 Å². The normalized spacial score (nSPS) is 18.3. The average Bonchev–Trinajstić information content (AvgIpc) is 3.80. The zero-order chi connectivity index (χ0) is 50.1. The number of aromatic nitrogens is 3. The highest BCUT2D eigenvalue weighted by Crippen LogP contribution is 2.38. The molecule has 3 aromatic rings. The molecular weight excluding hydrogens is 917 g/mol. The fourth-order valence-corrected chi connectivity index (χ4v) is 7.96. The molecule has 3 atom stereocenters. The number of hydrogen-bond donors (Lipinski definition) is 3. The van der Waals surface area contributed by atoms with Gasteiger partial charge in [-0.25, -0.2) is 27.8 Å². The van der Waals surface area contributed by atoms with Gasteiger partial charge < -0.3 is 39.0 Å². The van der Waals surface area contributed by atoms with Crippen molar-refractivity contribution in [3.8, 4) is 16.9 Å². The minimum Gasteiger partial charge on any atom is -0.724 e. The fourth-order valence-electron chi connectivity index (χ4n) is 6.83. The molecule has 2 aliphatic heterocycles. The lowest BCUT2D eigenvalue weighted by Crippen LogP contribution is -2.76. The number of carbonyl (C=O) groups excluding carboxylic acids is 5. The van der Waals surface area contributed by atoms with Gasteiger partial charge in [0.05, 0.1) is 23.8 Å². The molecule has 5 rings (SSSR count). The van der Waals surface area contributed by atoms with E-state index in [-0.39, 0.29) is 17.2 Å². The summed E-state index contributed by atoms with van der Waals surface area (Å²) in [6.45, 7) is 20.6. The summed E-state index contributed by atoms with van der Waals surface area (Å²) in [5.41, 5.74) is -4.04. The first-order chi connectivity index (χ1) is 30.7. The summed E-state index contributed by atoms with van der Waals surface area (Å²) in [7, 11) is -3.43. The third-order valence-electron chi connectivity index (χ3n) is 10.0. The molecule has 4 amide bonds. The predicted molar refractivity (Wildman–Crippen MR) is 240 cm³/mol. The molecule has 24 heteroatoms. The molecule has 3 N–H and O–H groups in total. The molecule has 22 nitrogen and oxygen atoms in total. The summed E-state index contributed by atoms with van der Waals surface area (Å²) in [6, 6.07) is 4.23. The second kappa shape index (κ2) is 19.4. The second-order valence-corrected chi connectivity index (χ2v) is 21.5. The smallest absolute Gasteiger partial charge is 0.413 e. The number of ether oxygens (including phenoxy) is 4. The van der Waals surface area contributed by atoms with E-state index in [9.17, 15) is 36.9 Å². The van der Waals surface area contributed by atoms with Crippen LogP contribution in [0.4, 0.5) is 14.7 Å². The molecule has 0 aliphatic carbocycles. The topological polar surface area (TPSA) is 271 Å². The summed E-state index contributed by atoms with van der Waals surface area (Å²) in [5, 5.41) is 13.6. The average molecular weight is 977 g/mol. The van der Waals surface area contributed by atoms with Gasteiger partial charge in [-0.1, -0.05) is 11.2 Å². The number of β-lactam (4-membered cyclic amide) rings is 1. The molecule has 1 saturated heterocycles. The summed E-state index contributed by atoms with van der Waals surface area (Å²) in [5.74, 6) is -2.54. The van der Waals surface area contributed by atoms with Crippen molar-refractivity contribution in [1.82, 2.24) is 25.4 Å². The Kier molecular flexibility index (Phi) is 15.1. The van der Waals surface area contributed by atoms with Crippen molar-refractivity contribution in [2.24, 2.45) is 12.2 Å². The molecule has 0 radical (unpaired) electrons. The number of anilines is 1. The number of fused-ring (bicyclic) bond motifs is 1. The van der Waals surface area contributed by atoms with Crippen molar-refractivity contribution in [3.05, 3.63) is 47.2 Å². The Balaban J connectivity index is 1.41. The van der Waals surface area contributed by atoms with E-state index >= 15 is 0 Å². The van der Waals surface area contributed by atoms with Crippen LogP contribution < -0.4 is 25.4 Å².